The SMILES string of the molecule is C[C@H](CN1C(=O)c2cccc3cccc(c23)C1=O)N1C(=O)c2ccccc2C1=O. The van der Waals surface area contributed by atoms with Gasteiger partial charge in [-0.1, -0.05) is 36.4 Å². The van der Waals surface area contributed by atoms with E-state index in [1.807, 2.05) is 12.1 Å². The first-order valence-electron chi connectivity index (χ1n) is 9.34. The van der Waals surface area contributed by atoms with Crippen molar-refractivity contribution in [1.82, 2.24) is 9.80 Å². The van der Waals surface area contributed by atoms with Gasteiger partial charge in [-0.05, 0) is 36.6 Å². The number of nitrogens with zero attached hydrogens (tertiary/aromatic N) is 2. The molecular formula is C23H16N2O4. The highest BCUT2D eigenvalue weighted by atomic mass is 16.2. The van der Waals surface area contributed by atoms with Crippen LogP contribution in [0, 0.1) is 0 Å². The van der Waals surface area contributed by atoms with Crippen molar-refractivity contribution in [2.75, 3.05) is 6.54 Å². The van der Waals surface area contributed by atoms with E-state index in [1.165, 1.54) is 0 Å². The van der Waals surface area contributed by atoms with Crippen LogP contribution in [0.4, 0.5) is 0 Å². The van der Waals surface area contributed by atoms with Crippen LogP contribution < -0.4 is 0 Å². The molecule has 0 bridgehead atoms. The summed E-state index contributed by atoms with van der Waals surface area (Å²) in [5.41, 5.74) is 1.59. The number of carbonyl (C=O) groups is 4. The van der Waals surface area contributed by atoms with Crippen molar-refractivity contribution in [3.8, 4) is 0 Å². The van der Waals surface area contributed by atoms with E-state index in [9.17, 15) is 19.2 Å². The Morgan fingerprint density at radius 3 is 1.66 bits per heavy atom. The third kappa shape index (κ3) is 2.35. The molecule has 2 aliphatic rings. The third-order valence-electron chi connectivity index (χ3n) is 5.57. The maximum atomic E-state index is 13.1. The number of rotatable bonds is 3. The Labute approximate surface area is 166 Å². The Bertz CT molecular complexity index is 1160. The van der Waals surface area contributed by atoms with Crippen LogP contribution in [-0.4, -0.2) is 46.0 Å². The van der Waals surface area contributed by atoms with Crippen LogP contribution in [0.1, 0.15) is 48.4 Å². The third-order valence-corrected chi connectivity index (χ3v) is 5.57. The highest BCUT2D eigenvalue weighted by molar-refractivity contribution is 6.25. The minimum Gasteiger partial charge on any atom is -0.272 e. The van der Waals surface area contributed by atoms with Gasteiger partial charge in [0.1, 0.15) is 0 Å². The summed E-state index contributed by atoms with van der Waals surface area (Å²) in [7, 11) is 0. The predicted octanol–water partition coefficient (Wildman–Crippen LogP) is 3.12. The van der Waals surface area contributed by atoms with Gasteiger partial charge in [-0.25, -0.2) is 0 Å². The molecule has 0 saturated heterocycles. The number of amides is 4. The molecule has 4 amide bonds. The van der Waals surface area contributed by atoms with E-state index >= 15 is 0 Å². The van der Waals surface area contributed by atoms with E-state index in [1.54, 1.807) is 55.5 Å². The molecule has 0 aliphatic carbocycles. The summed E-state index contributed by atoms with van der Waals surface area (Å²) in [6.07, 6.45) is 0. The number of benzene rings is 3. The zero-order valence-electron chi connectivity index (χ0n) is 15.6. The Hall–Kier alpha value is -3.80. The zero-order chi connectivity index (χ0) is 20.3. The summed E-state index contributed by atoms with van der Waals surface area (Å²) < 4.78 is 0. The number of hydrogen-bond acceptors (Lipinski definition) is 4. The van der Waals surface area contributed by atoms with Gasteiger partial charge in [-0.2, -0.15) is 0 Å². The molecule has 0 saturated carbocycles. The van der Waals surface area contributed by atoms with Crippen molar-refractivity contribution in [3.63, 3.8) is 0 Å². The lowest BCUT2D eigenvalue weighted by Gasteiger charge is -2.31. The van der Waals surface area contributed by atoms with Crippen molar-refractivity contribution in [1.29, 1.82) is 0 Å². The lowest BCUT2D eigenvalue weighted by atomic mass is 9.94. The Morgan fingerprint density at radius 1 is 0.655 bits per heavy atom. The quantitative estimate of drug-likeness (QED) is 0.651. The van der Waals surface area contributed by atoms with Gasteiger partial charge in [0.05, 0.1) is 23.7 Å². The highest BCUT2D eigenvalue weighted by Gasteiger charge is 2.41. The Kier molecular flexibility index (Phi) is 3.64. The minimum atomic E-state index is -0.653. The first kappa shape index (κ1) is 17.3. The van der Waals surface area contributed by atoms with E-state index in [2.05, 4.69) is 0 Å². The monoisotopic (exact) mass is 384 g/mol. The smallest absolute Gasteiger partial charge is 0.261 e. The topological polar surface area (TPSA) is 74.8 Å². The molecule has 3 aromatic rings. The summed E-state index contributed by atoms with van der Waals surface area (Å²) >= 11 is 0. The first-order valence-corrected chi connectivity index (χ1v) is 9.34. The van der Waals surface area contributed by atoms with E-state index in [4.69, 9.17) is 0 Å². The molecule has 0 unspecified atom stereocenters. The fraction of sp³-hybridized carbons (Fsp3) is 0.130. The van der Waals surface area contributed by atoms with Crippen molar-refractivity contribution < 1.29 is 19.2 Å². The molecule has 142 valence electrons. The number of imide groups is 2. The highest BCUT2D eigenvalue weighted by Crippen LogP contribution is 2.31. The van der Waals surface area contributed by atoms with Gasteiger partial charge in [0.2, 0.25) is 0 Å². The molecule has 6 heteroatoms. The average Bonchev–Trinajstić information content (AvgIpc) is 3.00. The molecular weight excluding hydrogens is 368 g/mol. The fourth-order valence-electron chi connectivity index (χ4n) is 4.20. The molecule has 0 N–H and O–H groups in total. The van der Waals surface area contributed by atoms with Gasteiger partial charge in [-0.15, -0.1) is 0 Å². The van der Waals surface area contributed by atoms with Gasteiger partial charge in [0, 0.05) is 16.5 Å². The molecule has 0 radical (unpaired) electrons. The molecule has 0 aromatic heterocycles. The average molecular weight is 384 g/mol. The second-order valence-electron chi connectivity index (χ2n) is 7.31. The molecule has 0 fully saturated rings. The standard InChI is InChI=1S/C23H16N2O4/c1-13(25-22(28)15-8-2-3-9-16(15)23(25)29)12-24-20(26)17-10-4-6-14-7-5-11-18(19(14)17)21(24)27/h2-11,13H,12H2,1H3/t13-/m1/s1. The summed E-state index contributed by atoms with van der Waals surface area (Å²) in [6, 6.07) is 16.6. The van der Waals surface area contributed by atoms with Crippen LogP contribution in [0.25, 0.3) is 10.8 Å². The Balaban J connectivity index is 1.49. The largest absolute Gasteiger partial charge is 0.272 e. The summed E-state index contributed by atoms with van der Waals surface area (Å²) in [4.78, 5) is 53.8. The maximum absolute atomic E-state index is 13.1. The lowest BCUT2D eigenvalue weighted by molar-refractivity contribution is 0.0471. The zero-order valence-corrected chi connectivity index (χ0v) is 15.6. The van der Waals surface area contributed by atoms with Gasteiger partial charge in [0.25, 0.3) is 23.6 Å². The molecule has 3 aromatic carbocycles. The van der Waals surface area contributed by atoms with Crippen LogP contribution in [0.3, 0.4) is 0 Å². The maximum Gasteiger partial charge on any atom is 0.261 e. The van der Waals surface area contributed by atoms with E-state index in [0.29, 0.717) is 27.6 Å². The molecule has 29 heavy (non-hydrogen) atoms. The van der Waals surface area contributed by atoms with Crippen LogP contribution in [0.15, 0.2) is 60.7 Å². The summed E-state index contributed by atoms with van der Waals surface area (Å²) in [5, 5.41) is 1.48. The van der Waals surface area contributed by atoms with Crippen LogP contribution in [0.2, 0.25) is 0 Å². The van der Waals surface area contributed by atoms with Crippen LogP contribution in [0.5, 0.6) is 0 Å². The second kappa shape index (κ2) is 6.10. The molecule has 6 nitrogen and oxygen atoms in total. The molecule has 0 spiro atoms. The number of carbonyl (C=O) groups excluding carboxylic acids is 4. The van der Waals surface area contributed by atoms with Gasteiger partial charge < -0.3 is 0 Å². The van der Waals surface area contributed by atoms with Gasteiger partial charge in [-0.3, -0.25) is 29.0 Å². The first-order chi connectivity index (χ1) is 14.0. The minimum absolute atomic E-state index is 0.0616. The van der Waals surface area contributed by atoms with E-state index < -0.39 is 29.7 Å². The number of hydrogen-bond donors (Lipinski definition) is 0. The summed E-state index contributed by atoms with van der Waals surface area (Å²) in [6.45, 7) is 1.61. The van der Waals surface area contributed by atoms with E-state index in [0.717, 1.165) is 15.2 Å². The normalized spacial score (nSPS) is 16.6. The molecule has 5 rings (SSSR count). The van der Waals surface area contributed by atoms with Crippen molar-refractivity contribution in [2.45, 2.75) is 13.0 Å². The van der Waals surface area contributed by atoms with Gasteiger partial charge >= 0.3 is 0 Å². The molecule has 2 aliphatic heterocycles. The predicted molar refractivity (Wildman–Crippen MR) is 106 cm³/mol. The van der Waals surface area contributed by atoms with Crippen LogP contribution >= 0.6 is 0 Å². The van der Waals surface area contributed by atoms with Crippen LogP contribution in [-0.2, 0) is 0 Å². The number of fused-ring (bicyclic) bond motifs is 1. The van der Waals surface area contributed by atoms with Crippen molar-refractivity contribution in [2.24, 2.45) is 0 Å². The fourth-order valence-corrected chi connectivity index (χ4v) is 4.20. The van der Waals surface area contributed by atoms with Gasteiger partial charge in [0.15, 0.2) is 0 Å². The van der Waals surface area contributed by atoms with E-state index in [-0.39, 0.29) is 6.54 Å². The molecule has 2 heterocycles. The Morgan fingerprint density at radius 2 is 1.14 bits per heavy atom. The summed E-state index contributed by atoms with van der Waals surface area (Å²) in [5.74, 6) is -1.64. The lowest BCUT2D eigenvalue weighted by Crippen LogP contribution is -2.50. The second-order valence-corrected chi connectivity index (χ2v) is 7.31. The molecule has 1 atom stereocenters. The van der Waals surface area contributed by atoms with Crippen molar-refractivity contribution in [3.05, 3.63) is 82.9 Å². The van der Waals surface area contributed by atoms with Crippen molar-refractivity contribution >= 4 is 34.4 Å².